The van der Waals surface area contributed by atoms with Gasteiger partial charge in [-0.1, -0.05) is 36.4 Å². The van der Waals surface area contributed by atoms with E-state index >= 15 is 0 Å². The molecule has 2 aliphatic heterocycles. The lowest BCUT2D eigenvalue weighted by molar-refractivity contribution is -0.121. The minimum absolute atomic E-state index is 0.0302. The lowest BCUT2D eigenvalue weighted by Crippen LogP contribution is -2.43. The van der Waals surface area contributed by atoms with Crippen molar-refractivity contribution in [2.75, 3.05) is 33.9 Å². The number of rotatable bonds is 6. The van der Waals surface area contributed by atoms with Gasteiger partial charge in [-0.2, -0.15) is 0 Å². The van der Waals surface area contributed by atoms with E-state index in [2.05, 4.69) is 22.3 Å². The summed E-state index contributed by atoms with van der Waals surface area (Å²) in [6.07, 6.45) is 1.36. The largest absolute Gasteiger partial charge is 0.493 e. The Hall–Kier alpha value is -2.57. The van der Waals surface area contributed by atoms with Gasteiger partial charge in [-0.15, -0.1) is 0 Å². The fraction of sp³-hybridized carbons (Fsp3) is 0.435. The molecule has 0 bridgehead atoms. The molecule has 6 nitrogen and oxygen atoms in total. The second kappa shape index (κ2) is 8.84. The van der Waals surface area contributed by atoms with E-state index in [0.717, 1.165) is 25.1 Å². The first-order valence-corrected chi connectivity index (χ1v) is 10.1. The highest BCUT2D eigenvalue weighted by molar-refractivity contribution is 5.79. The molecule has 0 radical (unpaired) electrons. The summed E-state index contributed by atoms with van der Waals surface area (Å²) in [5.74, 6) is 1.33. The molecule has 2 aliphatic rings. The van der Waals surface area contributed by atoms with Crippen molar-refractivity contribution in [1.29, 1.82) is 0 Å². The second-order valence-corrected chi connectivity index (χ2v) is 7.71. The third-order valence-electron chi connectivity index (χ3n) is 5.77. The fourth-order valence-electron chi connectivity index (χ4n) is 4.30. The molecule has 2 heterocycles. The number of hydrogen-bond acceptors (Lipinski definition) is 5. The van der Waals surface area contributed by atoms with Crippen molar-refractivity contribution in [3.63, 3.8) is 0 Å². The summed E-state index contributed by atoms with van der Waals surface area (Å²) >= 11 is 0. The van der Waals surface area contributed by atoms with Crippen LogP contribution in [0.25, 0.3) is 0 Å². The van der Waals surface area contributed by atoms with Crippen LogP contribution in [-0.4, -0.2) is 56.8 Å². The Morgan fingerprint density at radius 3 is 2.66 bits per heavy atom. The maximum atomic E-state index is 12.6. The molecule has 2 fully saturated rings. The predicted octanol–water partition coefficient (Wildman–Crippen LogP) is 2.58. The van der Waals surface area contributed by atoms with Crippen molar-refractivity contribution in [3.05, 3.63) is 59.7 Å². The molecule has 3 atom stereocenters. The number of carbonyl (C=O) groups excluding carboxylic acids is 1. The van der Waals surface area contributed by atoms with Gasteiger partial charge in [0.2, 0.25) is 5.91 Å². The van der Waals surface area contributed by atoms with Crippen LogP contribution in [-0.2, 0) is 16.0 Å². The van der Waals surface area contributed by atoms with Crippen LogP contribution < -0.4 is 14.8 Å². The number of carbonyl (C=O) groups is 1. The Morgan fingerprint density at radius 2 is 1.90 bits per heavy atom. The van der Waals surface area contributed by atoms with Gasteiger partial charge in [-0.3, -0.25) is 9.69 Å². The average molecular weight is 396 g/mol. The summed E-state index contributed by atoms with van der Waals surface area (Å²) in [5, 5.41) is 3.20. The van der Waals surface area contributed by atoms with E-state index in [0.29, 0.717) is 30.6 Å². The molecule has 0 unspecified atom stereocenters. The zero-order valence-electron chi connectivity index (χ0n) is 17.0. The normalized spacial score (nSPS) is 24.0. The maximum Gasteiger partial charge on any atom is 0.224 e. The number of benzene rings is 2. The molecular formula is C23H28N2O4. The lowest BCUT2D eigenvalue weighted by atomic mass is 10.1. The molecule has 0 aromatic heterocycles. The standard InChI is InChI=1S/C23H28N2O4/c1-27-20-9-8-16(10-21(20)28-2)11-23(26)24-18-12-19-15-29-22(14-25(19)13-18)17-6-4-3-5-7-17/h3-10,18-19,22H,11-15H2,1-2H3,(H,24,26)/t18-,19+,22-/m1/s1. The van der Waals surface area contributed by atoms with E-state index in [1.165, 1.54) is 5.56 Å². The van der Waals surface area contributed by atoms with Crippen LogP contribution in [0.2, 0.25) is 0 Å². The van der Waals surface area contributed by atoms with Crippen LogP contribution in [0, 0.1) is 0 Å². The minimum atomic E-state index is 0.0302. The molecule has 6 heteroatoms. The van der Waals surface area contributed by atoms with Gasteiger partial charge in [-0.25, -0.2) is 0 Å². The second-order valence-electron chi connectivity index (χ2n) is 7.71. The number of methoxy groups -OCH3 is 2. The van der Waals surface area contributed by atoms with Crippen LogP contribution in [0.3, 0.4) is 0 Å². The Morgan fingerprint density at radius 1 is 1.10 bits per heavy atom. The molecule has 2 saturated heterocycles. The van der Waals surface area contributed by atoms with Gasteiger partial charge in [0, 0.05) is 25.2 Å². The van der Waals surface area contributed by atoms with Crippen molar-refractivity contribution in [1.82, 2.24) is 10.2 Å². The summed E-state index contributed by atoms with van der Waals surface area (Å²) in [6, 6.07) is 16.5. The van der Waals surface area contributed by atoms with E-state index in [9.17, 15) is 4.79 Å². The van der Waals surface area contributed by atoms with Crippen molar-refractivity contribution < 1.29 is 19.0 Å². The number of amides is 1. The minimum Gasteiger partial charge on any atom is -0.493 e. The first-order valence-electron chi connectivity index (χ1n) is 10.1. The number of nitrogens with one attached hydrogen (secondary N) is 1. The molecule has 0 saturated carbocycles. The smallest absolute Gasteiger partial charge is 0.224 e. The summed E-state index contributed by atoms with van der Waals surface area (Å²) < 4.78 is 16.7. The van der Waals surface area contributed by atoms with Crippen molar-refractivity contribution in [3.8, 4) is 11.5 Å². The Bertz CT molecular complexity index is 842. The third kappa shape index (κ3) is 4.54. The highest BCUT2D eigenvalue weighted by atomic mass is 16.5. The predicted molar refractivity (Wildman–Crippen MR) is 110 cm³/mol. The SMILES string of the molecule is COc1ccc(CC(=O)N[C@@H]2C[C@H]3CO[C@@H](c4ccccc4)CN3C2)cc1OC. The zero-order chi connectivity index (χ0) is 20.2. The van der Waals surface area contributed by atoms with Crippen molar-refractivity contribution in [2.24, 2.45) is 0 Å². The summed E-state index contributed by atoms with van der Waals surface area (Å²) in [5.41, 5.74) is 2.12. The number of nitrogens with zero attached hydrogens (tertiary/aromatic N) is 1. The quantitative estimate of drug-likeness (QED) is 0.813. The van der Waals surface area contributed by atoms with Crippen molar-refractivity contribution >= 4 is 5.91 Å². The first-order chi connectivity index (χ1) is 14.2. The van der Waals surface area contributed by atoms with Crippen LogP contribution >= 0.6 is 0 Å². The van der Waals surface area contributed by atoms with Crippen LogP contribution in [0.1, 0.15) is 23.7 Å². The van der Waals surface area contributed by atoms with E-state index in [-0.39, 0.29) is 18.1 Å². The molecule has 1 amide bonds. The van der Waals surface area contributed by atoms with Gasteiger partial charge in [-0.05, 0) is 29.7 Å². The molecular weight excluding hydrogens is 368 g/mol. The van der Waals surface area contributed by atoms with Crippen LogP contribution in [0.5, 0.6) is 11.5 Å². The third-order valence-corrected chi connectivity index (χ3v) is 5.77. The molecule has 2 aromatic carbocycles. The van der Waals surface area contributed by atoms with Crippen molar-refractivity contribution in [2.45, 2.75) is 31.0 Å². The van der Waals surface area contributed by atoms with Crippen LogP contribution in [0.4, 0.5) is 0 Å². The molecule has 154 valence electrons. The topological polar surface area (TPSA) is 60.0 Å². The van der Waals surface area contributed by atoms with E-state index in [4.69, 9.17) is 14.2 Å². The fourth-order valence-corrected chi connectivity index (χ4v) is 4.30. The van der Waals surface area contributed by atoms with Gasteiger partial charge in [0.1, 0.15) is 0 Å². The van der Waals surface area contributed by atoms with E-state index in [1.807, 2.05) is 36.4 Å². The molecule has 0 spiro atoms. The number of fused-ring (bicyclic) bond motifs is 1. The van der Waals surface area contributed by atoms with E-state index in [1.54, 1.807) is 14.2 Å². The first kappa shape index (κ1) is 19.7. The van der Waals surface area contributed by atoms with Gasteiger partial charge in [0.25, 0.3) is 0 Å². The average Bonchev–Trinajstić information content (AvgIpc) is 3.15. The highest BCUT2D eigenvalue weighted by Gasteiger charge is 2.38. The molecule has 29 heavy (non-hydrogen) atoms. The lowest BCUT2D eigenvalue weighted by Gasteiger charge is -2.35. The highest BCUT2D eigenvalue weighted by Crippen LogP contribution is 2.30. The monoisotopic (exact) mass is 396 g/mol. The van der Waals surface area contributed by atoms with Gasteiger partial charge < -0.3 is 19.5 Å². The number of morpholine rings is 1. The summed E-state index contributed by atoms with van der Waals surface area (Å²) in [7, 11) is 3.20. The van der Waals surface area contributed by atoms with E-state index < -0.39 is 0 Å². The number of hydrogen-bond donors (Lipinski definition) is 1. The molecule has 2 aromatic rings. The Kier molecular flexibility index (Phi) is 6.02. The molecule has 1 N–H and O–H groups in total. The molecule has 0 aliphatic carbocycles. The summed E-state index contributed by atoms with van der Waals surface area (Å²) in [4.78, 5) is 15.0. The molecule has 4 rings (SSSR count). The van der Waals surface area contributed by atoms with Crippen LogP contribution in [0.15, 0.2) is 48.5 Å². The Balaban J connectivity index is 1.31. The van der Waals surface area contributed by atoms with Gasteiger partial charge in [0.15, 0.2) is 11.5 Å². The van der Waals surface area contributed by atoms with Gasteiger partial charge >= 0.3 is 0 Å². The summed E-state index contributed by atoms with van der Waals surface area (Å²) in [6.45, 7) is 2.45. The van der Waals surface area contributed by atoms with Gasteiger partial charge in [0.05, 0.1) is 33.4 Å². The Labute approximate surface area is 171 Å². The maximum absolute atomic E-state index is 12.6. The number of ether oxygens (including phenoxy) is 3. The zero-order valence-corrected chi connectivity index (χ0v) is 17.0.